The van der Waals surface area contributed by atoms with E-state index in [4.69, 9.17) is 0 Å². The third-order valence-corrected chi connectivity index (χ3v) is 5.82. The average Bonchev–Trinajstić information content (AvgIpc) is 3.22. The van der Waals surface area contributed by atoms with Crippen LogP contribution in [0, 0.1) is 11.7 Å². The van der Waals surface area contributed by atoms with Gasteiger partial charge in [-0.3, -0.25) is 4.79 Å². The van der Waals surface area contributed by atoms with Gasteiger partial charge in [0.05, 0.1) is 6.54 Å². The SMILES string of the molecule is CCCC[C@@H](CC)C(=O)N(Cc1ccccc1)Cc1cccn1Cc1ccc(F)cc1. The number of amides is 1. The summed E-state index contributed by atoms with van der Waals surface area (Å²) in [5, 5.41) is 0. The first-order chi connectivity index (χ1) is 15.1. The smallest absolute Gasteiger partial charge is 0.226 e. The molecule has 0 unspecified atom stereocenters. The third-order valence-electron chi connectivity index (χ3n) is 5.82. The molecule has 0 spiro atoms. The highest BCUT2D eigenvalue weighted by molar-refractivity contribution is 5.78. The number of carbonyl (C=O) groups excluding carboxylic acids is 1. The number of aromatic nitrogens is 1. The van der Waals surface area contributed by atoms with Gasteiger partial charge in [-0.25, -0.2) is 4.39 Å². The van der Waals surface area contributed by atoms with Gasteiger partial charge < -0.3 is 9.47 Å². The Balaban J connectivity index is 1.80. The zero-order valence-electron chi connectivity index (χ0n) is 18.6. The van der Waals surface area contributed by atoms with Crippen LogP contribution in [0.5, 0.6) is 0 Å². The van der Waals surface area contributed by atoms with E-state index in [0.29, 0.717) is 19.6 Å². The first-order valence-electron chi connectivity index (χ1n) is 11.3. The van der Waals surface area contributed by atoms with Crippen molar-refractivity contribution in [2.45, 2.75) is 59.2 Å². The largest absolute Gasteiger partial charge is 0.345 e. The molecule has 1 heterocycles. The van der Waals surface area contributed by atoms with Gasteiger partial charge >= 0.3 is 0 Å². The summed E-state index contributed by atoms with van der Waals surface area (Å²) >= 11 is 0. The monoisotopic (exact) mass is 420 g/mol. The number of nitrogens with zero attached hydrogens (tertiary/aromatic N) is 2. The number of benzene rings is 2. The van der Waals surface area contributed by atoms with E-state index in [1.54, 1.807) is 0 Å². The minimum atomic E-state index is -0.228. The molecule has 1 aromatic heterocycles. The fraction of sp³-hybridized carbons (Fsp3) is 0.370. The van der Waals surface area contributed by atoms with Gasteiger partial charge in [-0.2, -0.15) is 0 Å². The molecule has 0 N–H and O–H groups in total. The third kappa shape index (κ3) is 6.55. The molecule has 0 saturated carbocycles. The number of carbonyl (C=O) groups is 1. The van der Waals surface area contributed by atoms with E-state index in [-0.39, 0.29) is 17.6 Å². The van der Waals surface area contributed by atoms with Crippen LogP contribution in [0.25, 0.3) is 0 Å². The summed E-state index contributed by atoms with van der Waals surface area (Å²) in [5.74, 6) is 0.0623. The summed E-state index contributed by atoms with van der Waals surface area (Å²) < 4.78 is 15.4. The van der Waals surface area contributed by atoms with Gasteiger partial charge in [-0.05, 0) is 48.2 Å². The topological polar surface area (TPSA) is 25.2 Å². The minimum absolute atomic E-state index is 0.0594. The molecular formula is C27H33FN2O. The van der Waals surface area contributed by atoms with E-state index in [1.807, 2.05) is 47.5 Å². The van der Waals surface area contributed by atoms with Crippen molar-refractivity contribution >= 4 is 5.91 Å². The van der Waals surface area contributed by atoms with E-state index in [0.717, 1.165) is 42.5 Å². The lowest BCUT2D eigenvalue weighted by atomic mass is 9.97. The number of unbranched alkanes of at least 4 members (excludes halogenated alkanes) is 1. The minimum Gasteiger partial charge on any atom is -0.345 e. The molecule has 3 rings (SSSR count). The summed E-state index contributed by atoms with van der Waals surface area (Å²) in [5.41, 5.74) is 3.26. The van der Waals surface area contributed by atoms with Crippen LogP contribution in [0.15, 0.2) is 72.9 Å². The van der Waals surface area contributed by atoms with E-state index in [9.17, 15) is 9.18 Å². The lowest BCUT2D eigenvalue weighted by Gasteiger charge is -2.28. The highest BCUT2D eigenvalue weighted by atomic mass is 19.1. The Morgan fingerprint density at radius 1 is 0.935 bits per heavy atom. The van der Waals surface area contributed by atoms with E-state index >= 15 is 0 Å². The molecule has 3 nitrogen and oxygen atoms in total. The Morgan fingerprint density at radius 2 is 1.68 bits per heavy atom. The van der Waals surface area contributed by atoms with Gasteiger partial charge in [0.15, 0.2) is 0 Å². The van der Waals surface area contributed by atoms with Crippen molar-refractivity contribution in [2.75, 3.05) is 0 Å². The van der Waals surface area contributed by atoms with Crippen LogP contribution in [0.2, 0.25) is 0 Å². The summed E-state index contributed by atoms with van der Waals surface area (Å²) in [7, 11) is 0. The van der Waals surface area contributed by atoms with Gasteiger partial charge in [-0.15, -0.1) is 0 Å². The summed E-state index contributed by atoms with van der Waals surface area (Å²) in [6, 6.07) is 20.9. The molecule has 4 heteroatoms. The van der Waals surface area contributed by atoms with E-state index < -0.39 is 0 Å². The first-order valence-corrected chi connectivity index (χ1v) is 11.3. The number of hydrogen-bond donors (Lipinski definition) is 0. The van der Waals surface area contributed by atoms with Crippen molar-refractivity contribution < 1.29 is 9.18 Å². The molecular weight excluding hydrogens is 387 g/mol. The molecule has 31 heavy (non-hydrogen) atoms. The molecule has 0 bridgehead atoms. The zero-order valence-corrected chi connectivity index (χ0v) is 18.6. The van der Waals surface area contributed by atoms with Crippen molar-refractivity contribution in [1.29, 1.82) is 0 Å². The van der Waals surface area contributed by atoms with Crippen LogP contribution in [-0.4, -0.2) is 15.4 Å². The maximum absolute atomic E-state index is 13.5. The van der Waals surface area contributed by atoms with Crippen LogP contribution in [0.3, 0.4) is 0 Å². The second-order valence-corrected chi connectivity index (χ2v) is 8.18. The molecule has 164 valence electrons. The highest BCUT2D eigenvalue weighted by Crippen LogP contribution is 2.20. The molecule has 0 aliphatic rings. The van der Waals surface area contributed by atoms with Gasteiger partial charge in [-0.1, -0.05) is 69.2 Å². The summed E-state index contributed by atoms with van der Waals surface area (Å²) in [4.78, 5) is 15.5. The predicted molar refractivity (Wildman–Crippen MR) is 124 cm³/mol. The fourth-order valence-corrected chi connectivity index (χ4v) is 3.96. The van der Waals surface area contributed by atoms with Crippen molar-refractivity contribution in [3.05, 3.63) is 95.6 Å². The quantitative estimate of drug-likeness (QED) is 0.351. The van der Waals surface area contributed by atoms with Gasteiger partial charge in [0.2, 0.25) is 5.91 Å². The first kappa shape index (κ1) is 22.8. The second-order valence-electron chi connectivity index (χ2n) is 8.18. The summed E-state index contributed by atoms with van der Waals surface area (Å²) in [6.45, 7) is 6.09. The Morgan fingerprint density at radius 3 is 2.35 bits per heavy atom. The van der Waals surface area contributed by atoms with E-state index in [1.165, 1.54) is 12.1 Å². The molecule has 3 aromatic rings. The number of halogens is 1. The van der Waals surface area contributed by atoms with Gasteiger partial charge in [0.1, 0.15) is 5.82 Å². The Hall–Kier alpha value is -2.88. The number of hydrogen-bond acceptors (Lipinski definition) is 1. The maximum atomic E-state index is 13.5. The van der Waals surface area contributed by atoms with Gasteiger partial charge in [0, 0.05) is 30.9 Å². The van der Waals surface area contributed by atoms with Crippen LogP contribution in [0.4, 0.5) is 4.39 Å². The predicted octanol–water partition coefficient (Wildman–Crippen LogP) is 6.42. The lowest BCUT2D eigenvalue weighted by molar-refractivity contribution is -0.137. The molecule has 2 aromatic carbocycles. The molecule has 0 radical (unpaired) electrons. The Bertz CT molecular complexity index is 933. The fourth-order valence-electron chi connectivity index (χ4n) is 3.96. The van der Waals surface area contributed by atoms with Gasteiger partial charge in [0.25, 0.3) is 0 Å². The van der Waals surface area contributed by atoms with Crippen LogP contribution >= 0.6 is 0 Å². The lowest BCUT2D eigenvalue weighted by Crippen LogP contribution is -2.35. The van der Waals surface area contributed by atoms with Crippen LogP contribution in [-0.2, 0) is 24.4 Å². The van der Waals surface area contributed by atoms with Crippen LogP contribution in [0.1, 0.15) is 56.4 Å². The summed E-state index contributed by atoms with van der Waals surface area (Å²) in [6.07, 6.45) is 6.00. The Labute approximate surface area is 185 Å². The maximum Gasteiger partial charge on any atom is 0.226 e. The normalized spacial score (nSPS) is 12.0. The van der Waals surface area contributed by atoms with Crippen molar-refractivity contribution in [2.24, 2.45) is 5.92 Å². The molecule has 0 saturated heterocycles. The standard InChI is InChI=1S/C27H33FN2O/c1-3-5-12-24(4-2)27(31)30(20-22-10-7-6-8-11-22)21-26-13-9-18-29(26)19-23-14-16-25(28)17-15-23/h6-11,13-18,24H,3-5,12,19-21H2,1-2H3/t24-/m1/s1. The van der Waals surface area contributed by atoms with E-state index in [2.05, 4.69) is 36.6 Å². The molecule has 0 aliphatic carbocycles. The average molecular weight is 421 g/mol. The Kier molecular flexibility index (Phi) is 8.45. The molecule has 0 fully saturated rings. The van der Waals surface area contributed by atoms with Crippen molar-refractivity contribution in [1.82, 2.24) is 9.47 Å². The highest BCUT2D eigenvalue weighted by Gasteiger charge is 2.23. The van der Waals surface area contributed by atoms with Crippen molar-refractivity contribution in [3.8, 4) is 0 Å². The van der Waals surface area contributed by atoms with Crippen LogP contribution < -0.4 is 0 Å². The molecule has 1 atom stereocenters. The molecule has 0 aliphatic heterocycles. The zero-order chi connectivity index (χ0) is 22.1. The molecule has 1 amide bonds. The second kappa shape index (κ2) is 11.5. The van der Waals surface area contributed by atoms with Crippen molar-refractivity contribution in [3.63, 3.8) is 0 Å². The number of rotatable bonds is 11.